The molecule has 1 aromatic carbocycles. The summed E-state index contributed by atoms with van der Waals surface area (Å²) >= 11 is 0. The van der Waals surface area contributed by atoms with Gasteiger partial charge >= 0.3 is 0 Å². The minimum absolute atomic E-state index is 0. The monoisotopic (exact) mass is 395 g/mol. The lowest BCUT2D eigenvalue weighted by atomic mass is 9.95. The predicted molar refractivity (Wildman–Crippen MR) is 109 cm³/mol. The summed E-state index contributed by atoms with van der Waals surface area (Å²) in [6, 6.07) is 7.62. The molecule has 0 aliphatic carbocycles. The minimum atomic E-state index is -0.670. The van der Waals surface area contributed by atoms with Crippen LogP contribution in [0.2, 0.25) is 0 Å². The van der Waals surface area contributed by atoms with Gasteiger partial charge in [-0.3, -0.25) is 9.59 Å². The van der Waals surface area contributed by atoms with E-state index in [4.69, 9.17) is 4.74 Å². The third kappa shape index (κ3) is 4.93. The van der Waals surface area contributed by atoms with Crippen molar-refractivity contribution < 1.29 is 14.3 Å². The Morgan fingerprint density at radius 3 is 2.56 bits per heavy atom. The number of piperidine rings is 1. The van der Waals surface area contributed by atoms with Gasteiger partial charge in [-0.25, -0.2) is 0 Å². The van der Waals surface area contributed by atoms with E-state index in [1.165, 1.54) is 0 Å². The van der Waals surface area contributed by atoms with Crippen LogP contribution < -0.4 is 20.3 Å². The Morgan fingerprint density at radius 1 is 1.22 bits per heavy atom. The maximum atomic E-state index is 13.1. The zero-order chi connectivity index (χ0) is 18.5. The van der Waals surface area contributed by atoms with Crippen LogP contribution in [0.5, 0.6) is 5.75 Å². The number of nitrogens with one attached hydrogen (secondary N) is 2. The van der Waals surface area contributed by atoms with Crippen LogP contribution in [0.1, 0.15) is 39.5 Å². The second-order valence-corrected chi connectivity index (χ2v) is 7.07. The number of fused-ring (bicyclic) bond motifs is 1. The van der Waals surface area contributed by atoms with Gasteiger partial charge in [0.15, 0.2) is 6.10 Å². The third-order valence-electron chi connectivity index (χ3n) is 5.35. The summed E-state index contributed by atoms with van der Waals surface area (Å²) in [5, 5.41) is 6.34. The molecule has 0 spiro atoms. The molecule has 2 aliphatic rings. The van der Waals surface area contributed by atoms with Gasteiger partial charge in [-0.1, -0.05) is 26.0 Å². The van der Waals surface area contributed by atoms with Crippen molar-refractivity contribution >= 4 is 29.9 Å². The number of nitrogens with zero attached hydrogens (tertiary/aromatic N) is 1. The fourth-order valence-electron chi connectivity index (χ4n) is 3.66. The van der Waals surface area contributed by atoms with Gasteiger partial charge in [0.1, 0.15) is 5.75 Å². The average molecular weight is 396 g/mol. The van der Waals surface area contributed by atoms with Crippen LogP contribution in [0.15, 0.2) is 24.3 Å². The molecule has 27 heavy (non-hydrogen) atoms. The van der Waals surface area contributed by atoms with E-state index < -0.39 is 6.10 Å². The molecule has 1 saturated heterocycles. The molecule has 1 atom stereocenters. The highest BCUT2D eigenvalue weighted by atomic mass is 35.5. The fraction of sp³-hybridized carbons (Fsp3) is 0.600. The van der Waals surface area contributed by atoms with Gasteiger partial charge in [-0.05, 0) is 50.9 Å². The Balaban J connectivity index is 0.00000261. The molecule has 1 fully saturated rings. The van der Waals surface area contributed by atoms with Crippen molar-refractivity contribution in [1.82, 2.24) is 10.6 Å². The molecular formula is C20H30ClN3O3. The SMILES string of the molecule is CCC(CC)NC(=O)C1CN(C(=O)C2CCNCC2)c2ccccc2O1.Cl. The van der Waals surface area contributed by atoms with Crippen molar-refractivity contribution in [1.29, 1.82) is 0 Å². The number of hydrogen-bond acceptors (Lipinski definition) is 4. The molecule has 0 bridgehead atoms. The highest BCUT2D eigenvalue weighted by Crippen LogP contribution is 2.35. The van der Waals surface area contributed by atoms with Crippen LogP contribution in [0.25, 0.3) is 0 Å². The van der Waals surface area contributed by atoms with E-state index in [0.717, 1.165) is 44.5 Å². The van der Waals surface area contributed by atoms with E-state index in [0.29, 0.717) is 5.75 Å². The Labute approximate surface area is 167 Å². The first kappa shape index (κ1) is 21.5. The lowest BCUT2D eigenvalue weighted by molar-refractivity contribution is -0.129. The third-order valence-corrected chi connectivity index (χ3v) is 5.35. The maximum Gasteiger partial charge on any atom is 0.263 e. The molecule has 1 unspecified atom stereocenters. The van der Waals surface area contributed by atoms with E-state index in [1.807, 2.05) is 24.3 Å². The van der Waals surface area contributed by atoms with E-state index in [1.54, 1.807) is 4.90 Å². The molecule has 6 nitrogen and oxygen atoms in total. The van der Waals surface area contributed by atoms with Crippen molar-refractivity contribution in [2.45, 2.75) is 51.7 Å². The first-order valence-corrected chi connectivity index (χ1v) is 9.72. The molecule has 2 heterocycles. The summed E-state index contributed by atoms with van der Waals surface area (Å²) in [6.07, 6.45) is 2.76. The highest BCUT2D eigenvalue weighted by molar-refractivity contribution is 5.98. The molecule has 0 radical (unpaired) electrons. The Morgan fingerprint density at radius 2 is 1.89 bits per heavy atom. The molecular weight excluding hydrogens is 366 g/mol. The number of anilines is 1. The number of carbonyl (C=O) groups excluding carboxylic acids is 2. The minimum Gasteiger partial charge on any atom is -0.477 e. The summed E-state index contributed by atoms with van der Waals surface area (Å²) in [7, 11) is 0. The van der Waals surface area contributed by atoms with Gasteiger partial charge in [-0.15, -0.1) is 12.4 Å². The molecule has 2 N–H and O–H groups in total. The number of ether oxygens (including phenoxy) is 1. The van der Waals surface area contributed by atoms with Crippen LogP contribution in [0, 0.1) is 5.92 Å². The normalized spacial score (nSPS) is 19.7. The Hall–Kier alpha value is -1.79. The standard InChI is InChI=1S/C20H29N3O3.ClH/c1-3-15(4-2)22-19(24)18-13-23(16-7-5-6-8-17(16)26-18)20(25)14-9-11-21-12-10-14;/h5-8,14-15,18,21H,3-4,9-13H2,1-2H3,(H,22,24);1H. The van der Waals surface area contributed by atoms with E-state index in [2.05, 4.69) is 24.5 Å². The summed E-state index contributed by atoms with van der Waals surface area (Å²) < 4.78 is 5.93. The molecule has 0 aromatic heterocycles. The van der Waals surface area contributed by atoms with E-state index >= 15 is 0 Å². The molecule has 0 saturated carbocycles. The van der Waals surface area contributed by atoms with Gasteiger partial charge in [-0.2, -0.15) is 0 Å². The summed E-state index contributed by atoms with van der Waals surface area (Å²) in [5.74, 6) is 0.565. The Bertz CT molecular complexity index is 645. The van der Waals surface area contributed by atoms with Crippen molar-refractivity contribution in [3.8, 4) is 5.75 Å². The predicted octanol–water partition coefficient (Wildman–Crippen LogP) is 2.51. The van der Waals surface area contributed by atoms with Gasteiger partial charge in [0.25, 0.3) is 5.91 Å². The zero-order valence-corrected chi connectivity index (χ0v) is 16.9. The molecule has 150 valence electrons. The number of benzene rings is 1. The number of carbonyl (C=O) groups is 2. The average Bonchev–Trinajstić information content (AvgIpc) is 2.71. The van der Waals surface area contributed by atoms with Crippen LogP contribution in [-0.2, 0) is 9.59 Å². The summed E-state index contributed by atoms with van der Waals surface area (Å²) in [4.78, 5) is 27.6. The summed E-state index contributed by atoms with van der Waals surface area (Å²) in [6.45, 7) is 6.10. The lowest BCUT2D eigenvalue weighted by Gasteiger charge is -2.37. The summed E-state index contributed by atoms with van der Waals surface area (Å²) in [5.41, 5.74) is 0.766. The van der Waals surface area contributed by atoms with Crippen LogP contribution in [-0.4, -0.2) is 43.6 Å². The van der Waals surface area contributed by atoms with E-state index in [9.17, 15) is 9.59 Å². The largest absolute Gasteiger partial charge is 0.477 e. The number of amides is 2. The smallest absolute Gasteiger partial charge is 0.263 e. The molecule has 2 amide bonds. The highest BCUT2D eigenvalue weighted by Gasteiger charge is 2.36. The van der Waals surface area contributed by atoms with Crippen LogP contribution in [0.3, 0.4) is 0 Å². The number of para-hydroxylation sites is 2. The van der Waals surface area contributed by atoms with Gasteiger partial charge in [0, 0.05) is 12.0 Å². The number of halogens is 1. The fourth-order valence-corrected chi connectivity index (χ4v) is 3.66. The molecule has 3 rings (SSSR count). The van der Waals surface area contributed by atoms with Gasteiger partial charge < -0.3 is 20.3 Å². The number of rotatable bonds is 5. The van der Waals surface area contributed by atoms with E-state index in [-0.39, 0.29) is 42.7 Å². The lowest BCUT2D eigenvalue weighted by Crippen LogP contribution is -2.54. The van der Waals surface area contributed by atoms with Gasteiger partial charge in [0.2, 0.25) is 5.91 Å². The maximum absolute atomic E-state index is 13.1. The van der Waals surface area contributed by atoms with Crippen molar-refractivity contribution in [2.75, 3.05) is 24.5 Å². The van der Waals surface area contributed by atoms with Crippen LogP contribution >= 0.6 is 12.4 Å². The Kier molecular flexibility index (Phi) is 7.92. The molecule has 1 aromatic rings. The van der Waals surface area contributed by atoms with Crippen LogP contribution in [0.4, 0.5) is 5.69 Å². The molecule has 7 heteroatoms. The first-order chi connectivity index (χ1) is 12.6. The van der Waals surface area contributed by atoms with Crippen molar-refractivity contribution in [2.24, 2.45) is 5.92 Å². The first-order valence-electron chi connectivity index (χ1n) is 9.72. The quantitative estimate of drug-likeness (QED) is 0.803. The van der Waals surface area contributed by atoms with Crippen molar-refractivity contribution in [3.63, 3.8) is 0 Å². The zero-order valence-electron chi connectivity index (χ0n) is 16.1. The second-order valence-electron chi connectivity index (χ2n) is 7.07. The second kappa shape index (κ2) is 9.95. The topological polar surface area (TPSA) is 70.7 Å². The number of hydrogen-bond donors (Lipinski definition) is 2. The van der Waals surface area contributed by atoms with Crippen molar-refractivity contribution in [3.05, 3.63) is 24.3 Å². The van der Waals surface area contributed by atoms with Gasteiger partial charge in [0.05, 0.1) is 12.2 Å². The molecule has 2 aliphatic heterocycles.